The number of aliphatic hydroxyl groups excluding tert-OH is 1. The third-order valence-corrected chi connectivity index (χ3v) is 4.18. The van der Waals surface area contributed by atoms with Crippen LogP contribution in [0.3, 0.4) is 0 Å². The van der Waals surface area contributed by atoms with Crippen LogP contribution in [-0.4, -0.2) is 35.3 Å². The molecule has 1 saturated heterocycles. The van der Waals surface area contributed by atoms with Gasteiger partial charge in [-0.15, -0.1) is 0 Å². The maximum atomic E-state index is 9.61. The average Bonchev–Trinajstić information content (AvgIpc) is 2.69. The van der Waals surface area contributed by atoms with Gasteiger partial charge in [-0.1, -0.05) is 12.1 Å². The Morgan fingerprint density at radius 3 is 2.61 bits per heavy atom. The first-order valence-electron chi connectivity index (χ1n) is 6.59. The summed E-state index contributed by atoms with van der Waals surface area (Å²) in [5.74, 6) is 0.887. The fourth-order valence-electron chi connectivity index (χ4n) is 2.80. The number of hydrogen-bond acceptors (Lipinski definition) is 3. The number of hydrogen-bond donors (Lipinski definition) is 1. The van der Waals surface area contributed by atoms with Crippen molar-refractivity contribution < 1.29 is 9.84 Å². The third-order valence-electron chi connectivity index (χ3n) is 4.18. The molecule has 3 nitrogen and oxygen atoms in total. The van der Waals surface area contributed by atoms with E-state index >= 15 is 0 Å². The van der Waals surface area contributed by atoms with E-state index in [2.05, 4.69) is 30.9 Å². The fourth-order valence-corrected chi connectivity index (χ4v) is 2.80. The summed E-state index contributed by atoms with van der Waals surface area (Å²) in [7, 11) is 1.68. The molecule has 2 atom stereocenters. The van der Waals surface area contributed by atoms with Crippen molar-refractivity contribution in [3.8, 4) is 5.75 Å². The molecule has 0 spiro atoms. The van der Waals surface area contributed by atoms with Gasteiger partial charge in [-0.3, -0.25) is 4.90 Å². The Kier molecular flexibility index (Phi) is 3.93. The Hall–Kier alpha value is -1.06. The first-order valence-corrected chi connectivity index (χ1v) is 6.59. The van der Waals surface area contributed by atoms with Gasteiger partial charge in [0.05, 0.1) is 13.7 Å². The zero-order chi connectivity index (χ0) is 13.2. The van der Waals surface area contributed by atoms with Gasteiger partial charge in [-0.2, -0.15) is 0 Å². The Bertz CT molecular complexity index is 390. The van der Waals surface area contributed by atoms with Gasteiger partial charge in [-0.25, -0.2) is 0 Å². The highest BCUT2D eigenvalue weighted by Crippen LogP contribution is 2.34. The lowest BCUT2D eigenvalue weighted by molar-refractivity contribution is 0.0525. The van der Waals surface area contributed by atoms with E-state index in [-0.39, 0.29) is 12.1 Å². The molecule has 1 aromatic carbocycles. The molecule has 18 heavy (non-hydrogen) atoms. The maximum Gasteiger partial charge on any atom is 0.118 e. The van der Waals surface area contributed by atoms with Crippen LogP contribution in [0.5, 0.6) is 5.75 Å². The molecule has 1 aliphatic heterocycles. The molecule has 0 aromatic heterocycles. The Morgan fingerprint density at radius 2 is 2.06 bits per heavy atom. The predicted molar refractivity (Wildman–Crippen MR) is 72.7 cm³/mol. The second-order valence-corrected chi connectivity index (χ2v) is 5.52. The van der Waals surface area contributed by atoms with Gasteiger partial charge in [-0.05, 0) is 44.4 Å². The minimum Gasteiger partial charge on any atom is -0.497 e. The number of rotatable bonds is 4. The summed E-state index contributed by atoms with van der Waals surface area (Å²) < 4.78 is 5.17. The monoisotopic (exact) mass is 249 g/mol. The van der Waals surface area contributed by atoms with E-state index in [0.29, 0.717) is 6.04 Å². The Morgan fingerprint density at radius 1 is 1.39 bits per heavy atom. The first-order chi connectivity index (χ1) is 8.59. The van der Waals surface area contributed by atoms with Crippen LogP contribution in [0.4, 0.5) is 0 Å². The van der Waals surface area contributed by atoms with Crippen molar-refractivity contribution >= 4 is 0 Å². The largest absolute Gasteiger partial charge is 0.497 e. The van der Waals surface area contributed by atoms with Crippen LogP contribution in [0, 0.1) is 0 Å². The molecule has 0 unspecified atom stereocenters. The average molecular weight is 249 g/mol. The van der Waals surface area contributed by atoms with Gasteiger partial charge >= 0.3 is 0 Å². The molecule has 0 saturated carbocycles. The molecule has 0 aliphatic carbocycles. The van der Waals surface area contributed by atoms with E-state index in [1.165, 1.54) is 5.56 Å². The lowest BCUT2D eigenvalue weighted by atomic mass is 10.00. The van der Waals surface area contributed by atoms with E-state index in [1.807, 2.05) is 12.1 Å². The lowest BCUT2D eigenvalue weighted by Gasteiger charge is -2.36. The highest BCUT2D eigenvalue weighted by Gasteiger charge is 2.40. The van der Waals surface area contributed by atoms with Crippen LogP contribution < -0.4 is 4.74 Å². The number of aliphatic hydroxyl groups is 1. The third kappa shape index (κ3) is 2.52. The summed E-state index contributed by atoms with van der Waals surface area (Å²) in [4.78, 5) is 2.41. The summed E-state index contributed by atoms with van der Waals surface area (Å²) in [5.41, 5.74) is 1.20. The summed E-state index contributed by atoms with van der Waals surface area (Å²) in [6.45, 7) is 5.51. The second-order valence-electron chi connectivity index (χ2n) is 5.52. The zero-order valence-corrected chi connectivity index (χ0v) is 11.5. The standard InChI is InChI=1S/C15H23NO2/c1-12-8-9-15(2,11-17)16(12)10-13-4-6-14(18-3)7-5-13/h4-7,12,17H,8-11H2,1-3H3/t12-,15+/m1/s1. The quantitative estimate of drug-likeness (QED) is 0.889. The second kappa shape index (κ2) is 5.29. The van der Waals surface area contributed by atoms with Gasteiger partial charge in [0.15, 0.2) is 0 Å². The summed E-state index contributed by atoms with van der Waals surface area (Å²) in [6.07, 6.45) is 2.23. The number of ether oxygens (including phenoxy) is 1. The van der Waals surface area contributed by atoms with E-state index in [1.54, 1.807) is 7.11 Å². The number of likely N-dealkylation sites (tertiary alicyclic amines) is 1. The van der Waals surface area contributed by atoms with Crippen LogP contribution in [0.1, 0.15) is 32.3 Å². The van der Waals surface area contributed by atoms with Crippen molar-refractivity contribution in [1.29, 1.82) is 0 Å². The van der Waals surface area contributed by atoms with Crippen LogP contribution in [0.25, 0.3) is 0 Å². The van der Waals surface area contributed by atoms with E-state index in [9.17, 15) is 5.11 Å². The van der Waals surface area contributed by atoms with Crippen molar-refractivity contribution in [3.05, 3.63) is 29.8 Å². The van der Waals surface area contributed by atoms with Gasteiger partial charge < -0.3 is 9.84 Å². The minimum absolute atomic E-state index is 0.0701. The van der Waals surface area contributed by atoms with Crippen molar-refractivity contribution in [3.63, 3.8) is 0 Å². The van der Waals surface area contributed by atoms with Crippen LogP contribution in [-0.2, 0) is 6.54 Å². The lowest BCUT2D eigenvalue weighted by Crippen LogP contribution is -2.46. The van der Waals surface area contributed by atoms with E-state index in [4.69, 9.17) is 4.74 Å². The highest BCUT2D eigenvalue weighted by molar-refractivity contribution is 5.27. The van der Waals surface area contributed by atoms with Crippen molar-refractivity contribution in [1.82, 2.24) is 4.90 Å². The maximum absolute atomic E-state index is 9.61. The molecule has 0 radical (unpaired) electrons. The van der Waals surface area contributed by atoms with Gasteiger partial charge in [0, 0.05) is 18.1 Å². The number of benzene rings is 1. The van der Waals surface area contributed by atoms with Crippen LogP contribution >= 0.6 is 0 Å². The van der Waals surface area contributed by atoms with Gasteiger partial charge in [0.1, 0.15) is 5.75 Å². The molecule has 1 N–H and O–H groups in total. The number of methoxy groups -OCH3 is 1. The topological polar surface area (TPSA) is 32.7 Å². The van der Waals surface area contributed by atoms with E-state index in [0.717, 1.165) is 25.1 Å². The normalized spacial score (nSPS) is 28.6. The Labute approximate surface area is 109 Å². The zero-order valence-electron chi connectivity index (χ0n) is 11.5. The van der Waals surface area contributed by atoms with Crippen LogP contribution in [0.2, 0.25) is 0 Å². The van der Waals surface area contributed by atoms with Gasteiger partial charge in [0.2, 0.25) is 0 Å². The minimum atomic E-state index is -0.0701. The molecule has 3 heteroatoms. The molecule has 1 aliphatic rings. The molecular formula is C15H23NO2. The summed E-state index contributed by atoms with van der Waals surface area (Å²) in [5, 5.41) is 9.61. The van der Waals surface area contributed by atoms with Crippen molar-refractivity contribution in [2.24, 2.45) is 0 Å². The van der Waals surface area contributed by atoms with Gasteiger partial charge in [0.25, 0.3) is 0 Å². The molecular weight excluding hydrogens is 226 g/mol. The molecule has 0 bridgehead atoms. The van der Waals surface area contributed by atoms with Crippen LogP contribution in [0.15, 0.2) is 24.3 Å². The van der Waals surface area contributed by atoms with Crippen molar-refractivity contribution in [2.45, 2.75) is 44.8 Å². The molecule has 0 amide bonds. The summed E-state index contributed by atoms with van der Waals surface area (Å²) >= 11 is 0. The van der Waals surface area contributed by atoms with E-state index < -0.39 is 0 Å². The fraction of sp³-hybridized carbons (Fsp3) is 0.600. The highest BCUT2D eigenvalue weighted by atomic mass is 16.5. The molecule has 1 aromatic rings. The van der Waals surface area contributed by atoms with Crippen molar-refractivity contribution in [2.75, 3.05) is 13.7 Å². The molecule has 100 valence electrons. The molecule has 1 heterocycles. The predicted octanol–water partition coefficient (Wildman–Crippen LogP) is 2.43. The first kappa shape index (κ1) is 13.4. The number of nitrogens with zero attached hydrogens (tertiary/aromatic N) is 1. The SMILES string of the molecule is COc1ccc(CN2[C@H](C)CC[C@@]2(C)CO)cc1. The molecule has 1 fully saturated rings. The Balaban J connectivity index is 2.11. The smallest absolute Gasteiger partial charge is 0.118 e. The summed E-state index contributed by atoms with van der Waals surface area (Å²) in [6, 6.07) is 8.71. The molecule has 2 rings (SSSR count).